The van der Waals surface area contributed by atoms with Gasteiger partial charge in [0, 0.05) is 19.9 Å². The maximum Gasteiger partial charge on any atom is 0.197 e. The lowest BCUT2D eigenvalue weighted by molar-refractivity contribution is -0.00261. The Bertz CT molecular complexity index is 345. The van der Waals surface area contributed by atoms with Crippen LogP contribution in [0.3, 0.4) is 0 Å². The van der Waals surface area contributed by atoms with Crippen LogP contribution < -0.4 is 0 Å². The van der Waals surface area contributed by atoms with Gasteiger partial charge in [-0.2, -0.15) is 5.10 Å². The molecule has 1 aromatic heterocycles. The van der Waals surface area contributed by atoms with E-state index in [1.54, 1.807) is 24.2 Å². The monoisotopic (exact) mass is 224 g/mol. The van der Waals surface area contributed by atoms with Crippen LogP contribution in [0.15, 0.2) is 12.4 Å². The molecule has 0 aliphatic carbocycles. The van der Waals surface area contributed by atoms with Crippen LogP contribution >= 0.6 is 0 Å². The van der Waals surface area contributed by atoms with Gasteiger partial charge >= 0.3 is 0 Å². The molecule has 16 heavy (non-hydrogen) atoms. The summed E-state index contributed by atoms with van der Waals surface area (Å²) < 4.78 is 7.16. The van der Waals surface area contributed by atoms with E-state index in [0.29, 0.717) is 18.4 Å². The van der Waals surface area contributed by atoms with Crippen molar-refractivity contribution in [2.24, 2.45) is 0 Å². The van der Waals surface area contributed by atoms with E-state index < -0.39 is 5.60 Å². The summed E-state index contributed by atoms with van der Waals surface area (Å²) in [6, 6.07) is 0. The van der Waals surface area contributed by atoms with Crippen molar-refractivity contribution in [3.8, 4) is 0 Å². The first kappa shape index (κ1) is 12.9. The number of aromatic nitrogens is 2. The average Bonchev–Trinajstić information content (AvgIpc) is 2.80. The number of hydrogen-bond acceptors (Lipinski definition) is 3. The number of Topliss-reactive ketones (excluding diaryl/α,β-unsaturated/α-hetero) is 1. The lowest BCUT2D eigenvalue weighted by atomic mass is 9.89. The van der Waals surface area contributed by atoms with Crippen molar-refractivity contribution < 1.29 is 9.53 Å². The number of ketones is 1. The lowest BCUT2D eigenvalue weighted by Crippen LogP contribution is -2.39. The first-order valence-electron chi connectivity index (χ1n) is 5.75. The summed E-state index contributed by atoms with van der Waals surface area (Å²) >= 11 is 0. The number of ether oxygens (including phenoxy) is 1. The van der Waals surface area contributed by atoms with Crippen LogP contribution in [0.2, 0.25) is 0 Å². The van der Waals surface area contributed by atoms with Gasteiger partial charge in [-0.25, -0.2) is 0 Å². The molecule has 0 unspecified atom stereocenters. The average molecular weight is 224 g/mol. The van der Waals surface area contributed by atoms with Gasteiger partial charge in [0.2, 0.25) is 0 Å². The van der Waals surface area contributed by atoms with Gasteiger partial charge in [0.15, 0.2) is 5.78 Å². The molecule has 0 spiro atoms. The summed E-state index contributed by atoms with van der Waals surface area (Å²) in [6.07, 6.45) is 4.75. The number of carbonyl (C=O) groups is 1. The molecule has 0 fully saturated rings. The minimum atomic E-state index is -0.693. The van der Waals surface area contributed by atoms with Crippen molar-refractivity contribution in [1.82, 2.24) is 9.78 Å². The maximum atomic E-state index is 12.3. The van der Waals surface area contributed by atoms with Gasteiger partial charge in [-0.15, -0.1) is 0 Å². The van der Waals surface area contributed by atoms with E-state index in [2.05, 4.69) is 5.10 Å². The smallest absolute Gasteiger partial charge is 0.197 e. The number of hydrogen-bond donors (Lipinski definition) is 0. The Kier molecular flexibility index (Phi) is 4.24. The summed E-state index contributed by atoms with van der Waals surface area (Å²) in [4.78, 5) is 12.3. The van der Waals surface area contributed by atoms with E-state index in [4.69, 9.17) is 4.74 Å². The summed E-state index contributed by atoms with van der Waals surface area (Å²) in [5.41, 5.74) is -0.0610. The van der Waals surface area contributed by atoms with E-state index in [9.17, 15) is 4.79 Å². The summed E-state index contributed by atoms with van der Waals surface area (Å²) in [7, 11) is 1.59. The van der Waals surface area contributed by atoms with Crippen molar-refractivity contribution in [2.45, 2.75) is 45.8 Å². The highest BCUT2D eigenvalue weighted by molar-refractivity contribution is 6.02. The molecular weight excluding hydrogens is 204 g/mol. The van der Waals surface area contributed by atoms with E-state index in [0.717, 1.165) is 6.54 Å². The number of methoxy groups -OCH3 is 1. The highest BCUT2D eigenvalue weighted by Gasteiger charge is 2.35. The van der Waals surface area contributed by atoms with Gasteiger partial charge < -0.3 is 4.74 Å². The molecule has 0 saturated carbocycles. The Morgan fingerprint density at radius 3 is 2.44 bits per heavy atom. The molecule has 0 atom stereocenters. The van der Waals surface area contributed by atoms with E-state index in [-0.39, 0.29) is 5.78 Å². The fourth-order valence-electron chi connectivity index (χ4n) is 1.87. The lowest BCUT2D eigenvalue weighted by Gasteiger charge is -2.27. The van der Waals surface area contributed by atoms with E-state index >= 15 is 0 Å². The second kappa shape index (κ2) is 5.25. The minimum Gasteiger partial charge on any atom is -0.370 e. The third-order valence-corrected chi connectivity index (χ3v) is 3.17. The van der Waals surface area contributed by atoms with Crippen LogP contribution in [-0.2, 0) is 11.3 Å². The van der Waals surface area contributed by atoms with Crippen LogP contribution in [0.5, 0.6) is 0 Å². The molecule has 0 N–H and O–H groups in total. The molecule has 0 amide bonds. The van der Waals surface area contributed by atoms with Gasteiger partial charge in [0.05, 0.1) is 11.8 Å². The predicted octanol–water partition coefficient (Wildman–Crippen LogP) is 2.29. The molecule has 90 valence electrons. The van der Waals surface area contributed by atoms with Gasteiger partial charge in [0.1, 0.15) is 5.60 Å². The van der Waals surface area contributed by atoms with Crippen LogP contribution in [0, 0.1) is 0 Å². The van der Waals surface area contributed by atoms with E-state index in [1.807, 2.05) is 20.8 Å². The van der Waals surface area contributed by atoms with Crippen molar-refractivity contribution in [3.63, 3.8) is 0 Å². The molecular formula is C12H20N2O2. The van der Waals surface area contributed by atoms with Crippen molar-refractivity contribution in [3.05, 3.63) is 18.0 Å². The fraction of sp³-hybridized carbons (Fsp3) is 0.667. The standard InChI is InChI=1S/C12H20N2O2/c1-5-12(6-2,16-4)11(15)10-8-13-14(7-3)9-10/h8-9H,5-7H2,1-4H3. The van der Waals surface area contributed by atoms with Crippen LogP contribution in [0.4, 0.5) is 0 Å². The number of carbonyl (C=O) groups excluding carboxylic acids is 1. The van der Waals surface area contributed by atoms with Gasteiger partial charge in [0.25, 0.3) is 0 Å². The summed E-state index contributed by atoms with van der Waals surface area (Å²) in [5.74, 6) is 0.0275. The van der Waals surface area contributed by atoms with Gasteiger partial charge in [-0.3, -0.25) is 9.48 Å². The Hall–Kier alpha value is -1.16. The number of rotatable bonds is 6. The third kappa shape index (κ3) is 2.16. The molecule has 4 heteroatoms. The maximum absolute atomic E-state index is 12.3. The zero-order valence-electron chi connectivity index (χ0n) is 10.5. The molecule has 0 radical (unpaired) electrons. The van der Waals surface area contributed by atoms with Crippen LogP contribution in [0.1, 0.15) is 44.0 Å². The molecule has 1 rings (SSSR count). The Balaban J connectivity index is 2.99. The Morgan fingerprint density at radius 1 is 1.44 bits per heavy atom. The summed E-state index contributed by atoms with van der Waals surface area (Å²) in [6.45, 7) is 6.69. The van der Waals surface area contributed by atoms with E-state index in [1.165, 1.54) is 0 Å². The highest BCUT2D eigenvalue weighted by atomic mass is 16.5. The first-order valence-corrected chi connectivity index (χ1v) is 5.75. The Labute approximate surface area is 96.6 Å². The molecule has 0 saturated heterocycles. The highest BCUT2D eigenvalue weighted by Crippen LogP contribution is 2.24. The number of nitrogens with zero attached hydrogens (tertiary/aromatic N) is 2. The molecule has 1 heterocycles. The van der Waals surface area contributed by atoms with Gasteiger partial charge in [-0.05, 0) is 19.8 Å². The van der Waals surface area contributed by atoms with Crippen LogP contribution in [0.25, 0.3) is 0 Å². The SMILES string of the molecule is CCn1cc(C(=O)C(CC)(CC)OC)cn1. The molecule has 1 aromatic rings. The largest absolute Gasteiger partial charge is 0.370 e. The second-order valence-corrected chi connectivity index (χ2v) is 3.82. The van der Waals surface area contributed by atoms with Gasteiger partial charge in [-0.1, -0.05) is 13.8 Å². The Morgan fingerprint density at radius 2 is 2.06 bits per heavy atom. The summed E-state index contributed by atoms with van der Waals surface area (Å²) in [5, 5.41) is 4.11. The quantitative estimate of drug-likeness (QED) is 0.696. The molecule has 0 aliphatic rings. The fourth-order valence-corrected chi connectivity index (χ4v) is 1.87. The zero-order valence-corrected chi connectivity index (χ0v) is 10.5. The molecule has 0 aromatic carbocycles. The first-order chi connectivity index (χ1) is 7.63. The van der Waals surface area contributed by atoms with Crippen molar-refractivity contribution in [2.75, 3.05) is 7.11 Å². The van der Waals surface area contributed by atoms with Crippen molar-refractivity contribution in [1.29, 1.82) is 0 Å². The predicted molar refractivity (Wildman–Crippen MR) is 62.6 cm³/mol. The minimum absolute atomic E-state index is 0.0275. The third-order valence-electron chi connectivity index (χ3n) is 3.17. The molecule has 0 aliphatic heterocycles. The zero-order chi connectivity index (χ0) is 12.2. The second-order valence-electron chi connectivity index (χ2n) is 3.82. The van der Waals surface area contributed by atoms with Crippen LogP contribution in [-0.4, -0.2) is 28.3 Å². The topological polar surface area (TPSA) is 44.1 Å². The molecule has 0 bridgehead atoms. The number of aryl methyl sites for hydroxylation is 1. The van der Waals surface area contributed by atoms with Crippen molar-refractivity contribution >= 4 is 5.78 Å². The normalized spacial score (nSPS) is 11.8. The molecule has 4 nitrogen and oxygen atoms in total.